The van der Waals surface area contributed by atoms with Crippen LogP contribution in [0.3, 0.4) is 0 Å². The van der Waals surface area contributed by atoms with E-state index in [1.54, 1.807) is 7.05 Å². The normalized spacial score (nSPS) is 16.8. The number of carbonyl (C=O) groups is 1. The third kappa shape index (κ3) is 4.27. The van der Waals surface area contributed by atoms with E-state index in [1.807, 2.05) is 23.1 Å². The van der Waals surface area contributed by atoms with Crippen molar-refractivity contribution < 1.29 is 9.90 Å². The Labute approximate surface area is 148 Å². The Balaban J connectivity index is 1.56. The molecule has 6 nitrogen and oxygen atoms in total. The van der Waals surface area contributed by atoms with E-state index in [9.17, 15) is 9.90 Å². The van der Waals surface area contributed by atoms with Gasteiger partial charge in [-0.2, -0.15) is 5.10 Å². The van der Waals surface area contributed by atoms with E-state index in [0.29, 0.717) is 19.0 Å². The maximum atomic E-state index is 12.3. The van der Waals surface area contributed by atoms with Gasteiger partial charge < -0.3 is 15.3 Å². The fourth-order valence-electron chi connectivity index (χ4n) is 3.40. The van der Waals surface area contributed by atoms with Crippen LogP contribution < -0.4 is 5.32 Å². The maximum Gasteiger partial charge on any atom is 0.242 e. The Morgan fingerprint density at radius 3 is 2.72 bits per heavy atom. The number of likely N-dealkylation sites (tertiary alicyclic amines) is 1. The fraction of sp³-hybridized carbons (Fsp3) is 0.474. The number of benzene rings is 1. The van der Waals surface area contributed by atoms with Crippen LogP contribution in [0.15, 0.2) is 36.4 Å². The van der Waals surface area contributed by atoms with Crippen LogP contribution in [0.1, 0.15) is 35.7 Å². The molecule has 2 heterocycles. The summed E-state index contributed by atoms with van der Waals surface area (Å²) in [5.74, 6) is 0.363. The van der Waals surface area contributed by atoms with Crippen LogP contribution in [0.25, 0.3) is 0 Å². The number of hydrogen-bond donors (Lipinski definition) is 3. The number of aliphatic hydroxyl groups excluding tert-OH is 1. The van der Waals surface area contributed by atoms with E-state index in [4.69, 9.17) is 0 Å². The van der Waals surface area contributed by atoms with Gasteiger partial charge in [-0.15, -0.1) is 0 Å². The van der Waals surface area contributed by atoms with Crippen LogP contribution in [0.5, 0.6) is 0 Å². The van der Waals surface area contributed by atoms with Crippen molar-refractivity contribution in [3.63, 3.8) is 0 Å². The van der Waals surface area contributed by atoms with Crippen molar-refractivity contribution in [3.05, 3.63) is 53.3 Å². The average Bonchev–Trinajstić information content (AvgIpc) is 3.12. The first-order chi connectivity index (χ1) is 12.2. The van der Waals surface area contributed by atoms with Gasteiger partial charge in [-0.3, -0.25) is 9.89 Å². The Hall–Kier alpha value is -2.18. The van der Waals surface area contributed by atoms with Gasteiger partial charge >= 0.3 is 0 Å². The van der Waals surface area contributed by atoms with Crippen LogP contribution in [-0.2, 0) is 11.2 Å². The summed E-state index contributed by atoms with van der Waals surface area (Å²) in [6.45, 7) is 1.25. The number of nitrogens with zero attached hydrogens (tertiary/aromatic N) is 2. The molecule has 1 aliphatic rings. The molecule has 1 atom stereocenters. The lowest BCUT2D eigenvalue weighted by molar-refractivity contribution is -0.135. The van der Waals surface area contributed by atoms with Crippen LogP contribution in [0.4, 0.5) is 0 Å². The SMILES string of the molecule is CN[C@@H](CO)C(=O)N1CCC(c2cc(Cc3ccccc3)[nH]n2)CC1. The summed E-state index contributed by atoms with van der Waals surface area (Å²) < 4.78 is 0. The monoisotopic (exact) mass is 342 g/mol. The third-order valence-electron chi connectivity index (χ3n) is 4.94. The van der Waals surface area contributed by atoms with Gasteiger partial charge in [0.1, 0.15) is 6.04 Å². The largest absolute Gasteiger partial charge is 0.394 e. The molecular weight excluding hydrogens is 316 g/mol. The lowest BCUT2D eigenvalue weighted by Crippen LogP contribution is -2.49. The van der Waals surface area contributed by atoms with Gasteiger partial charge in [0.15, 0.2) is 0 Å². The van der Waals surface area contributed by atoms with Crippen molar-refractivity contribution in [2.24, 2.45) is 0 Å². The number of nitrogens with one attached hydrogen (secondary N) is 2. The standard InChI is InChI=1S/C19H26N4O2/c1-20-18(13-24)19(25)23-9-7-15(8-10-23)17-12-16(21-22-17)11-14-5-3-2-4-6-14/h2-6,12,15,18,20,24H,7-11,13H2,1H3,(H,21,22)/t18-/m0/s1. The van der Waals surface area contributed by atoms with Crippen LogP contribution in [0.2, 0.25) is 0 Å². The van der Waals surface area contributed by atoms with Crippen molar-refractivity contribution in [1.82, 2.24) is 20.4 Å². The van der Waals surface area contributed by atoms with Crippen molar-refractivity contribution >= 4 is 5.91 Å². The van der Waals surface area contributed by atoms with Gasteiger partial charge in [-0.1, -0.05) is 30.3 Å². The highest BCUT2D eigenvalue weighted by molar-refractivity contribution is 5.82. The Morgan fingerprint density at radius 2 is 2.08 bits per heavy atom. The molecule has 1 fully saturated rings. The van der Waals surface area contributed by atoms with E-state index in [0.717, 1.165) is 30.7 Å². The van der Waals surface area contributed by atoms with E-state index in [2.05, 4.69) is 33.7 Å². The molecule has 1 aliphatic heterocycles. The molecule has 0 radical (unpaired) electrons. The second-order valence-electron chi connectivity index (χ2n) is 6.60. The topological polar surface area (TPSA) is 81.2 Å². The smallest absolute Gasteiger partial charge is 0.242 e. The summed E-state index contributed by atoms with van der Waals surface area (Å²) >= 11 is 0. The zero-order chi connectivity index (χ0) is 17.6. The molecule has 1 saturated heterocycles. The number of aromatic amines is 1. The highest BCUT2D eigenvalue weighted by atomic mass is 16.3. The lowest BCUT2D eigenvalue weighted by Gasteiger charge is -2.33. The molecule has 2 aromatic rings. The lowest BCUT2D eigenvalue weighted by atomic mass is 9.93. The highest BCUT2D eigenvalue weighted by Crippen LogP contribution is 2.27. The summed E-state index contributed by atoms with van der Waals surface area (Å²) in [6, 6.07) is 12.0. The summed E-state index contributed by atoms with van der Waals surface area (Å²) in [5, 5.41) is 19.8. The Kier molecular flexibility index (Phi) is 5.83. The third-order valence-corrected chi connectivity index (χ3v) is 4.94. The summed E-state index contributed by atoms with van der Waals surface area (Å²) in [7, 11) is 1.70. The minimum absolute atomic E-state index is 0.0183. The first-order valence-electron chi connectivity index (χ1n) is 8.86. The average molecular weight is 342 g/mol. The molecule has 134 valence electrons. The van der Waals surface area contributed by atoms with Gasteiger partial charge in [-0.05, 0) is 31.5 Å². The van der Waals surface area contributed by atoms with Gasteiger partial charge in [0, 0.05) is 31.1 Å². The molecule has 0 unspecified atom stereocenters. The first-order valence-corrected chi connectivity index (χ1v) is 8.86. The van der Waals surface area contributed by atoms with Crippen LogP contribution in [-0.4, -0.2) is 58.9 Å². The molecule has 3 rings (SSSR count). The highest BCUT2D eigenvalue weighted by Gasteiger charge is 2.28. The maximum absolute atomic E-state index is 12.3. The molecule has 1 aromatic heterocycles. The number of likely N-dealkylation sites (N-methyl/N-ethyl adjacent to an activating group) is 1. The minimum Gasteiger partial charge on any atom is -0.394 e. The fourth-order valence-corrected chi connectivity index (χ4v) is 3.40. The molecule has 25 heavy (non-hydrogen) atoms. The predicted octanol–water partition coefficient (Wildman–Crippen LogP) is 1.29. The molecule has 6 heteroatoms. The number of carbonyl (C=O) groups excluding carboxylic acids is 1. The summed E-state index contributed by atoms with van der Waals surface area (Å²) in [4.78, 5) is 14.1. The van der Waals surface area contributed by atoms with E-state index >= 15 is 0 Å². The molecule has 0 spiro atoms. The van der Waals surface area contributed by atoms with E-state index < -0.39 is 6.04 Å². The molecule has 1 aromatic carbocycles. The van der Waals surface area contributed by atoms with Crippen LogP contribution >= 0.6 is 0 Å². The second-order valence-corrected chi connectivity index (χ2v) is 6.60. The molecule has 3 N–H and O–H groups in total. The number of hydrogen-bond acceptors (Lipinski definition) is 4. The molecule has 1 amide bonds. The van der Waals surface area contributed by atoms with E-state index in [-0.39, 0.29) is 12.5 Å². The quantitative estimate of drug-likeness (QED) is 0.739. The number of rotatable bonds is 6. The Morgan fingerprint density at radius 1 is 1.36 bits per heavy atom. The first kappa shape index (κ1) is 17.6. The van der Waals surface area contributed by atoms with Gasteiger partial charge in [0.05, 0.1) is 12.3 Å². The van der Waals surface area contributed by atoms with Crippen molar-refractivity contribution in [1.29, 1.82) is 0 Å². The number of amides is 1. The van der Waals surface area contributed by atoms with Crippen molar-refractivity contribution in [3.8, 4) is 0 Å². The Bertz CT molecular complexity index is 674. The van der Waals surface area contributed by atoms with Crippen molar-refractivity contribution in [2.45, 2.75) is 31.2 Å². The number of aliphatic hydroxyl groups is 1. The number of piperidine rings is 1. The predicted molar refractivity (Wildman–Crippen MR) is 96.3 cm³/mol. The minimum atomic E-state index is -0.501. The number of aromatic nitrogens is 2. The zero-order valence-electron chi connectivity index (χ0n) is 14.6. The van der Waals surface area contributed by atoms with E-state index in [1.165, 1.54) is 5.56 Å². The van der Waals surface area contributed by atoms with Gasteiger partial charge in [0.25, 0.3) is 0 Å². The number of H-pyrrole nitrogens is 1. The molecule has 0 aliphatic carbocycles. The van der Waals surface area contributed by atoms with Gasteiger partial charge in [-0.25, -0.2) is 0 Å². The molecule has 0 bridgehead atoms. The molecule has 0 saturated carbocycles. The second kappa shape index (κ2) is 8.27. The summed E-state index contributed by atoms with van der Waals surface area (Å²) in [5.41, 5.74) is 3.47. The summed E-state index contributed by atoms with van der Waals surface area (Å²) in [6.07, 6.45) is 2.66. The zero-order valence-corrected chi connectivity index (χ0v) is 14.6. The van der Waals surface area contributed by atoms with Crippen LogP contribution in [0, 0.1) is 0 Å². The molecular formula is C19H26N4O2. The van der Waals surface area contributed by atoms with Gasteiger partial charge in [0.2, 0.25) is 5.91 Å². The van der Waals surface area contributed by atoms with Crippen molar-refractivity contribution in [2.75, 3.05) is 26.7 Å².